The summed E-state index contributed by atoms with van der Waals surface area (Å²) in [6, 6.07) is 32.7. The van der Waals surface area contributed by atoms with E-state index in [-0.39, 0.29) is 11.8 Å². The molecule has 162 valence electrons. The zero-order chi connectivity index (χ0) is 22.5. The van der Waals surface area contributed by atoms with Gasteiger partial charge < -0.3 is 22.9 Å². The van der Waals surface area contributed by atoms with Gasteiger partial charge in [0.1, 0.15) is 0 Å². The maximum atomic E-state index is 5.95. The molecule has 0 aromatic heterocycles. The summed E-state index contributed by atoms with van der Waals surface area (Å²) in [5.74, 6) is 0.475. The van der Waals surface area contributed by atoms with Crippen molar-refractivity contribution in [1.29, 1.82) is 0 Å². The molecule has 0 radical (unpaired) electrons. The fourth-order valence-corrected chi connectivity index (χ4v) is 4.30. The predicted octanol–water partition coefficient (Wildman–Crippen LogP) is 5.76. The first-order valence-corrected chi connectivity index (χ1v) is 10.9. The molecule has 0 aliphatic heterocycles. The Bertz CT molecular complexity index is 946. The van der Waals surface area contributed by atoms with Gasteiger partial charge in [0.05, 0.1) is 0 Å². The first-order valence-electron chi connectivity index (χ1n) is 10.9. The van der Waals surface area contributed by atoms with Crippen molar-refractivity contribution in [2.45, 2.75) is 24.7 Å². The first-order chi connectivity index (χ1) is 15.5. The lowest BCUT2D eigenvalue weighted by molar-refractivity contribution is 0.612. The van der Waals surface area contributed by atoms with Crippen LogP contribution in [-0.2, 0) is 0 Å². The van der Waals surface area contributed by atoms with E-state index in [2.05, 4.69) is 48.5 Å². The van der Waals surface area contributed by atoms with Gasteiger partial charge in [0.25, 0.3) is 0 Å². The zero-order valence-electron chi connectivity index (χ0n) is 18.1. The Hall–Kier alpha value is -3.92. The fraction of sp³-hybridized carbons (Fsp3) is 0.143. The van der Waals surface area contributed by atoms with Crippen LogP contribution in [0.1, 0.15) is 46.9 Å². The molecular weight excluding hydrogens is 392 g/mol. The molecule has 32 heavy (non-hydrogen) atoms. The topological polar surface area (TPSA) is 104 Å². The molecule has 4 heteroatoms. The zero-order valence-corrected chi connectivity index (χ0v) is 18.1. The normalized spacial score (nSPS) is 11.2. The molecule has 0 saturated carbocycles. The summed E-state index contributed by atoms with van der Waals surface area (Å²) < 4.78 is 0. The van der Waals surface area contributed by atoms with Gasteiger partial charge in [0.2, 0.25) is 0 Å². The largest absolute Gasteiger partial charge is 0.399 e. The van der Waals surface area contributed by atoms with Crippen molar-refractivity contribution < 1.29 is 0 Å². The Morgan fingerprint density at radius 3 is 0.719 bits per heavy atom. The molecule has 0 saturated heterocycles. The number of nitrogen functional groups attached to an aromatic ring is 4. The molecular formula is C28H30N4. The number of benzene rings is 4. The molecule has 0 aliphatic carbocycles. The van der Waals surface area contributed by atoms with E-state index < -0.39 is 0 Å². The van der Waals surface area contributed by atoms with Gasteiger partial charge in [-0.3, -0.25) is 0 Å². The molecule has 4 rings (SSSR count). The van der Waals surface area contributed by atoms with E-state index >= 15 is 0 Å². The Kier molecular flexibility index (Phi) is 6.31. The molecule has 4 aromatic carbocycles. The summed E-state index contributed by atoms with van der Waals surface area (Å²) in [5, 5.41) is 0. The van der Waals surface area contributed by atoms with Crippen molar-refractivity contribution in [3.63, 3.8) is 0 Å². The van der Waals surface area contributed by atoms with Gasteiger partial charge in [-0.1, -0.05) is 48.5 Å². The van der Waals surface area contributed by atoms with Crippen molar-refractivity contribution in [3.05, 3.63) is 119 Å². The number of rotatable bonds is 7. The van der Waals surface area contributed by atoms with Gasteiger partial charge in [-0.05, 0) is 83.6 Å². The first kappa shape index (κ1) is 21.3. The minimum Gasteiger partial charge on any atom is -0.399 e. The summed E-state index contributed by atoms with van der Waals surface area (Å²) >= 11 is 0. The average Bonchev–Trinajstić information content (AvgIpc) is 2.80. The summed E-state index contributed by atoms with van der Waals surface area (Å²) in [6.07, 6.45) is 1.93. The van der Waals surface area contributed by atoms with E-state index in [4.69, 9.17) is 22.9 Å². The number of hydrogen-bond donors (Lipinski definition) is 4. The molecule has 0 aliphatic rings. The monoisotopic (exact) mass is 422 g/mol. The minimum absolute atomic E-state index is 0.237. The number of nitrogens with two attached hydrogens (primary N) is 4. The van der Waals surface area contributed by atoms with E-state index in [0.717, 1.165) is 35.6 Å². The molecule has 0 bridgehead atoms. The van der Waals surface area contributed by atoms with Gasteiger partial charge in [-0.15, -0.1) is 0 Å². The molecule has 0 amide bonds. The van der Waals surface area contributed by atoms with Crippen molar-refractivity contribution in [1.82, 2.24) is 0 Å². The lowest BCUT2D eigenvalue weighted by atomic mass is 9.81. The van der Waals surface area contributed by atoms with Crippen molar-refractivity contribution >= 4 is 22.7 Å². The second-order valence-corrected chi connectivity index (χ2v) is 8.35. The van der Waals surface area contributed by atoms with Crippen LogP contribution in [0.5, 0.6) is 0 Å². The molecule has 4 nitrogen and oxygen atoms in total. The van der Waals surface area contributed by atoms with E-state index in [9.17, 15) is 0 Å². The molecule has 0 heterocycles. The molecule has 0 spiro atoms. The molecule has 0 atom stereocenters. The quantitative estimate of drug-likeness (QED) is 0.284. The molecule has 8 N–H and O–H groups in total. The summed E-state index contributed by atoms with van der Waals surface area (Å²) in [7, 11) is 0. The van der Waals surface area contributed by atoms with Crippen LogP contribution in [0, 0.1) is 0 Å². The van der Waals surface area contributed by atoms with Crippen LogP contribution < -0.4 is 22.9 Å². The van der Waals surface area contributed by atoms with Crippen molar-refractivity contribution in [2.24, 2.45) is 0 Å². The Morgan fingerprint density at radius 1 is 0.344 bits per heavy atom. The molecule has 0 fully saturated rings. The fourth-order valence-electron chi connectivity index (χ4n) is 4.30. The Balaban J connectivity index is 1.67. The Morgan fingerprint density at radius 2 is 0.531 bits per heavy atom. The SMILES string of the molecule is Nc1ccc(C(CCC(c2ccc(N)cc2)c2ccc(N)cc2)c2ccc(N)cc2)cc1. The van der Waals surface area contributed by atoms with Crippen LogP contribution in [0.15, 0.2) is 97.1 Å². The van der Waals surface area contributed by atoms with Gasteiger partial charge in [-0.25, -0.2) is 0 Å². The third kappa shape index (κ3) is 5.03. The highest BCUT2D eigenvalue weighted by Crippen LogP contribution is 2.37. The van der Waals surface area contributed by atoms with Gasteiger partial charge in [0, 0.05) is 34.6 Å². The summed E-state index contributed by atoms with van der Waals surface area (Å²) in [6.45, 7) is 0. The molecule has 0 unspecified atom stereocenters. The standard InChI is InChI=1S/C28H30N4/c29-23-9-1-19(2-10-23)27(20-3-11-24(30)12-4-20)17-18-28(21-5-13-25(31)14-6-21)22-7-15-26(32)16-8-22/h1-16,27-28H,17-18,29-32H2. The third-order valence-corrected chi connectivity index (χ3v) is 6.10. The third-order valence-electron chi connectivity index (χ3n) is 6.10. The smallest absolute Gasteiger partial charge is 0.0314 e. The van der Waals surface area contributed by atoms with Crippen LogP contribution >= 0.6 is 0 Å². The maximum Gasteiger partial charge on any atom is 0.0314 e. The maximum absolute atomic E-state index is 5.95. The second-order valence-electron chi connectivity index (χ2n) is 8.35. The number of anilines is 4. The summed E-state index contributed by atoms with van der Waals surface area (Å²) in [4.78, 5) is 0. The van der Waals surface area contributed by atoms with Gasteiger partial charge in [-0.2, -0.15) is 0 Å². The van der Waals surface area contributed by atoms with Gasteiger partial charge in [0.15, 0.2) is 0 Å². The van der Waals surface area contributed by atoms with Crippen LogP contribution in [0.2, 0.25) is 0 Å². The highest BCUT2D eigenvalue weighted by molar-refractivity contribution is 5.47. The van der Waals surface area contributed by atoms with Crippen LogP contribution in [0.4, 0.5) is 22.7 Å². The molecule has 4 aromatic rings. The van der Waals surface area contributed by atoms with Crippen LogP contribution in [0.3, 0.4) is 0 Å². The Labute approximate surface area is 189 Å². The summed E-state index contributed by atoms with van der Waals surface area (Å²) in [5.41, 5.74) is 31.9. The van der Waals surface area contributed by atoms with Crippen LogP contribution in [0.25, 0.3) is 0 Å². The lowest BCUT2D eigenvalue weighted by Gasteiger charge is -2.24. The lowest BCUT2D eigenvalue weighted by Crippen LogP contribution is -2.08. The van der Waals surface area contributed by atoms with E-state index in [1.807, 2.05) is 48.5 Å². The van der Waals surface area contributed by atoms with Crippen molar-refractivity contribution in [3.8, 4) is 0 Å². The average molecular weight is 423 g/mol. The van der Waals surface area contributed by atoms with Crippen molar-refractivity contribution in [2.75, 3.05) is 22.9 Å². The van der Waals surface area contributed by atoms with Gasteiger partial charge >= 0.3 is 0 Å². The highest BCUT2D eigenvalue weighted by Gasteiger charge is 2.20. The predicted molar refractivity (Wildman–Crippen MR) is 136 cm³/mol. The van der Waals surface area contributed by atoms with E-state index in [1.54, 1.807) is 0 Å². The number of hydrogen-bond acceptors (Lipinski definition) is 4. The highest BCUT2D eigenvalue weighted by atomic mass is 14.5. The second kappa shape index (κ2) is 9.48. The van der Waals surface area contributed by atoms with Crippen LogP contribution in [-0.4, -0.2) is 0 Å². The van der Waals surface area contributed by atoms with E-state index in [0.29, 0.717) is 0 Å². The minimum atomic E-state index is 0.237. The van der Waals surface area contributed by atoms with E-state index in [1.165, 1.54) is 22.3 Å².